The van der Waals surface area contributed by atoms with Crippen molar-refractivity contribution in [2.24, 2.45) is 17.8 Å². The van der Waals surface area contributed by atoms with E-state index in [1.54, 1.807) is 4.90 Å². The summed E-state index contributed by atoms with van der Waals surface area (Å²) < 4.78 is 11.8. The number of hydrogen-bond acceptors (Lipinski definition) is 4. The average Bonchev–Trinajstić information content (AvgIpc) is 3.01. The predicted molar refractivity (Wildman–Crippen MR) is 84.1 cm³/mol. The average molecular weight is 327 g/mol. The smallest absolute Gasteiger partial charge is 0.407 e. The molecule has 1 unspecified atom stereocenters. The van der Waals surface area contributed by atoms with E-state index in [0.29, 0.717) is 19.1 Å². The molecule has 0 aromatic heterocycles. The van der Waals surface area contributed by atoms with Crippen molar-refractivity contribution < 1.29 is 24.5 Å². The zero-order chi connectivity index (χ0) is 16.8. The van der Waals surface area contributed by atoms with Crippen LogP contribution in [0.5, 0.6) is 0 Å². The highest BCUT2D eigenvalue weighted by Gasteiger charge is 2.58. The van der Waals surface area contributed by atoms with E-state index in [-0.39, 0.29) is 24.5 Å². The molecule has 2 saturated carbocycles. The Labute approximate surface area is 137 Å². The number of aliphatic hydroxyl groups excluding tert-OH is 1. The summed E-state index contributed by atoms with van der Waals surface area (Å²) in [7, 11) is 0. The van der Waals surface area contributed by atoms with E-state index in [1.807, 2.05) is 20.8 Å². The number of nitrogens with zero attached hydrogens (tertiary/aromatic N) is 1. The molecule has 6 heteroatoms. The van der Waals surface area contributed by atoms with Gasteiger partial charge in [-0.3, -0.25) is 0 Å². The number of carboxylic acid groups (broad SMARTS) is 1. The van der Waals surface area contributed by atoms with Crippen molar-refractivity contribution in [3.8, 4) is 0 Å². The molecule has 2 aliphatic carbocycles. The first-order valence-electron chi connectivity index (χ1n) is 8.69. The van der Waals surface area contributed by atoms with Crippen molar-refractivity contribution in [1.29, 1.82) is 0 Å². The Bertz CT molecular complexity index is 454. The van der Waals surface area contributed by atoms with Crippen LogP contribution in [-0.4, -0.2) is 58.4 Å². The highest BCUT2D eigenvalue weighted by molar-refractivity contribution is 5.66. The van der Waals surface area contributed by atoms with Gasteiger partial charge in [0.05, 0.1) is 19.8 Å². The van der Waals surface area contributed by atoms with Gasteiger partial charge in [0.1, 0.15) is 0 Å². The Kier molecular flexibility index (Phi) is 4.36. The zero-order valence-electron chi connectivity index (χ0n) is 14.3. The van der Waals surface area contributed by atoms with Gasteiger partial charge in [0.15, 0.2) is 5.79 Å². The SMILES string of the molecule is CC(C)(C)N(C(=O)O)C1CC[C@H]2CC3(OCCO3)[C@@H](CO)[C@@H]2C1. The summed E-state index contributed by atoms with van der Waals surface area (Å²) in [5, 5.41) is 19.6. The van der Waals surface area contributed by atoms with E-state index in [0.717, 1.165) is 25.7 Å². The molecule has 1 amide bonds. The quantitative estimate of drug-likeness (QED) is 0.813. The summed E-state index contributed by atoms with van der Waals surface area (Å²) in [6, 6.07) is -0.000599. The number of fused-ring (bicyclic) bond motifs is 1. The minimum atomic E-state index is -0.859. The molecule has 1 aliphatic heterocycles. The third kappa shape index (κ3) is 2.85. The molecule has 1 heterocycles. The largest absolute Gasteiger partial charge is 0.465 e. The molecule has 1 saturated heterocycles. The number of carbonyl (C=O) groups is 1. The van der Waals surface area contributed by atoms with Crippen LogP contribution in [0.3, 0.4) is 0 Å². The molecule has 6 nitrogen and oxygen atoms in total. The number of hydrogen-bond donors (Lipinski definition) is 2. The fourth-order valence-electron chi connectivity index (χ4n) is 5.14. The Morgan fingerprint density at radius 3 is 2.43 bits per heavy atom. The van der Waals surface area contributed by atoms with Gasteiger partial charge in [-0.1, -0.05) is 0 Å². The van der Waals surface area contributed by atoms with E-state index in [9.17, 15) is 15.0 Å². The topological polar surface area (TPSA) is 79.2 Å². The summed E-state index contributed by atoms with van der Waals surface area (Å²) >= 11 is 0. The van der Waals surface area contributed by atoms with Crippen molar-refractivity contribution >= 4 is 6.09 Å². The highest BCUT2D eigenvalue weighted by Crippen LogP contribution is 2.55. The fourth-order valence-corrected chi connectivity index (χ4v) is 5.14. The lowest BCUT2D eigenvalue weighted by molar-refractivity contribution is -0.194. The lowest BCUT2D eigenvalue weighted by Crippen LogP contribution is -2.53. The van der Waals surface area contributed by atoms with E-state index < -0.39 is 17.4 Å². The minimum Gasteiger partial charge on any atom is -0.465 e. The zero-order valence-corrected chi connectivity index (χ0v) is 14.3. The van der Waals surface area contributed by atoms with Gasteiger partial charge in [-0.05, 0) is 51.9 Å². The molecule has 0 radical (unpaired) electrons. The van der Waals surface area contributed by atoms with Crippen molar-refractivity contribution in [2.45, 2.75) is 63.8 Å². The Morgan fingerprint density at radius 2 is 1.91 bits per heavy atom. The first kappa shape index (κ1) is 17.0. The van der Waals surface area contributed by atoms with Gasteiger partial charge in [-0.15, -0.1) is 0 Å². The van der Waals surface area contributed by atoms with Crippen molar-refractivity contribution in [3.05, 3.63) is 0 Å². The molecule has 0 aromatic rings. The van der Waals surface area contributed by atoms with Crippen LogP contribution in [0.15, 0.2) is 0 Å². The van der Waals surface area contributed by atoms with Crippen molar-refractivity contribution in [2.75, 3.05) is 19.8 Å². The number of amides is 1. The van der Waals surface area contributed by atoms with Crippen LogP contribution in [0.25, 0.3) is 0 Å². The van der Waals surface area contributed by atoms with Crippen LogP contribution < -0.4 is 0 Å². The standard InChI is InChI=1S/C17H29NO5/c1-16(2,3)18(15(20)21)12-5-4-11-9-17(22-6-7-23-17)14(10-19)13(11)8-12/h11-14,19H,4-10H2,1-3H3,(H,20,21)/t11-,12?,13+,14-/m0/s1. The number of rotatable bonds is 2. The normalized spacial score (nSPS) is 36.2. The molecule has 2 N–H and O–H groups in total. The molecule has 3 fully saturated rings. The van der Waals surface area contributed by atoms with Crippen LogP contribution in [-0.2, 0) is 9.47 Å². The van der Waals surface area contributed by atoms with Crippen LogP contribution in [0.2, 0.25) is 0 Å². The van der Waals surface area contributed by atoms with E-state index in [4.69, 9.17) is 9.47 Å². The number of ether oxygens (including phenoxy) is 2. The molecule has 3 rings (SSSR count). The second-order valence-electron chi connectivity index (χ2n) is 8.22. The summed E-state index contributed by atoms with van der Waals surface area (Å²) in [6.07, 6.45) is 2.60. The highest BCUT2D eigenvalue weighted by atomic mass is 16.7. The molecule has 1 spiro atoms. The fraction of sp³-hybridized carbons (Fsp3) is 0.941. The lowest BCUT2D eigenvalue weighted by Gasteiger charge is -2.44. The van der Waals surface area contributed by atoms with Crippen LogP contribution in [0, 0.1) is 17.8 Å². The van der Waals surface area contributed by atoms with Gasteiger partial charge >= 0.3 is 6.09 Å². The molecule has 3 aliphatic rings. The van der Waals surface area contributed by atoms with Crippen molar-refractivity contribution in [3.63, 3.8) is 0 Å². The van der Waals surface area contributed by atoms with Gasteiger partial charge in [0, 0.05) is 23.9 Å². The maximum absolute atomic E-state index is 11.8. The molecule has 4 atom stereocenters. The van der Waals surface area contributed by atoms with Gasteiger partial charge in [-0.25, -0.2) is 4.79 Å². The van der Waals surface area contributed by atoms with Gasteiger partial charge in [0.25, 0.3) is 0 Å². The summed E-state index contributed by atoms with van der Waals surface area (Å²) in [5.41, 5.74) is -0.422. The molecule has 23 heavy (non-hydrogen) atoms. The van der Waals surface area contributed by atoms with Crippen LogP contribution >= 0.6 is 0 Å². The first-order valence-corrected chi connectivity index (χ1v) is 8.69. The first-order chi connectivity index (χ1) is 10.8. The maximum atomic E-state index is 11.8. The Balaban J connectivity index is 1.80. The maximum Gasteiger partial charge on any atom is 0.407 e. The minimum absolute atomic E-state index is 0.000599. The Morgan fingerprint density at radius 1 is 1.26 bits per heavy atom. The second-order valence-corrected chi connectivity index (χ2v) is 8.22. The molecule has 0 aromatic carbocycles. The molecule has 0 bridgehead atoms. The second kappa shape index (κ2) is 5.90. The van der Waals surface area contributed by atoms with E-state index in [1.165, 1.54) is 0 Å². The number of aliphatic hydroxyl groups is 1. The molecular weight excluding hydrogens is 298 g/mol. The third-order valence-corrected chi connectivity index (χ3v) is 5.92. The predicted octanol–water partition coefficient (Wildman–Crippen LogP) is 2.31. The lowest BCUT2D eigenvalue weighted by atomic mass is 9.74. The third-order valence-electron chi connectivity index (χ3n) is 5.92. The summed E-state index contributed by atoms with van der Waals surface area (Å²) in [6.45, 7) is 7.03. The van der Waals surface area contributed by atoms with Gasteiger partial charge in [-0.2, -0.15) is 0 Å². The van der Waals surface area contributed by atoms with Gasteiger partial charge < -0.3 is 24.6 Å². The van der Waals surface area contributed by atoms with E-state index >= 15 is 0 Å². The Hall–Kier alpha value is -0.850. The van der Waals surface area contributed by atoms with Crippen LogP contribution in [0.4, 0.5) is 4.79 Å². The monoisotopic (exact) mass is 327 g/mol. The van der Waals surface area contributed by atoms with E-state index in [2.05, 4.69) is 0 Å². The van der Waals surface area contributed by atoms with Crippen molar-refractivity contribution in [1.82, 2.24) is 4.90 Å². The molecule has 132 valence electrons. The van der Waals surface area contributed by atoms with Crippen LogP contribution in [0.1, 0.15) is 46.5 Å². The molecular formula is C17H29NO5. The summed E-state index contributed by atoms with van der Waals surface area (Å²) in [5.74, 6) is 0.0426. The summed E-state index contributed by atoms with van der Waals surface area (Å²) in [4.78, 5) is 13.4. The van der Waals surface area contributed by atoms with Gasteiger partial charge in [0.2, 0.25) is 0 Å².